The molecule has 0 unspecified atom stereocenters. The average molecular weight is 241 g/mol. The van der Waals surface area contributed by atoms with E-state index < -0.39 is 0 Å². The van der Waals surface area contributed by atoms with Crippen molar-refractivity contribution in [2.75, 3.05) is 0 Å². The Hall–Kier alpha value is -2.07. The largest absolute Gasteiger partial charge is 0.472 e. The standard InChI is InChI=1S/C14H15N3O/c1-17-13-5-3-2-4-12(13)16-14(17)9-15-8-11-6-7-18-10-11/h2-7,10,15H,8-9H2,1H3. The van der Waals surface area contributed by atoms with Gasteiger partial charge in [0.2, 0.25) is 0 Å². The van der Waals surface area contributed by atoms with Gasteiger partial charge >= 0.3 is 0 Å². The summed E-state index contributed by atoms with van der Waals surface area (Å²) in [6.07, 6.45) is 3.44. The first-order valence-corrected chi connectivity index (χ1v) is 5.97. The fraction of sp³-hybridized carbons (Fsp3) is 0.214. The van der Waals surface area contributed by atoms with Crippen molar-refractivity contribution in [2.24, 2.45) is 7.05 Å². The number of aryl methyl sites for hydroxylation is 1. The van der Waals surface area contributed by atoms with E-state index in [4.69, 9.17) is 4.42 Å². The zero-order chi connectivity index (χ0) is 12.4. The van der Waals surface area contributed by atoms with Crippen LogP contribution in [-0.4, -0.2) is 9.55 Å². The van der Waals surface area contributed by atoms with Crippen molar-refractivity contribution >= 4 is 11.0 Å². The lowest BCUT2D eigenvalue weighted by molar-refractivity contribution is 0.559. The quantitative estimate of drug-likeness (QED) is 0.763. The molecule has 18 heavy (non-hydrogen) atoms. The highest BCUT2D eigenvalue weighted by molar-refractivity contribution is 5.75. The van der Waals surface area contributed by atoms with Gasteiger partial charge in [0.15, 0.2) is 0 Å². The summed E-state index contributed by atoms with van der Waals surface area (Å²) >= 11 is 0. The maximum atomic E-state index is 5.03. The second kappa shape index (κ2) is 4.66. The zero-order valence-corrected chi connectivity index (χ0v) is 10.3. The van der Waals surface area contributed by atoms with Crippen LogP contribution in [0.4, 0.5) is 0 Å². The molecule has 1 aromatic carbocycles. The number of hydrogen-bond donors (Lipinski definition) is 1. The maximum absolute atomic E-state index is 5.03. The van der Waals surface area contributed by atoms with Crippen LogP contribution in [0.1, 0.15) is 11.4 Å². The van der Waals surface area contributed by atoms with E-state index in [1.807, 2.05) is 31.3 Å². The van der Waals surface area contributed by atoms with Gasteiger partial charge < -0.3 is 14.3 Å². The van der Waals surface area contributed by atoms with Gasteiger partial charge in [0, 0.05) is 19.2 Å². The molecule has 2 heterocycles. The first-order chi connectivity index (χ1) is 8.84. The summed E-state index contributed by atoms with van der Waals surface area (Å²) in [5.41, 5.74) is 3.35. The van der Waals surface area contributed by atoms with Gasteiger partial charge in [0.05, 0.1) is 30.1 Å². The highest BCUT2D eigenvalue weighted by Gasteiger charge is 2.06. The van der Waals surface area contributed by atoms with Crippen LogP contribution in [0.5, 0.6) is 0 Å². The highest BCUT2D eigenvalue weighted by Crippen LogP contribution is 2.14. The lowest BCUT2D eigenvalue weighted by Gasteiger charge is -2.03. The van der Waals surface area contributed by atoms with Gasteiger partial charge in [-0.05, 0) is 18.2 Å². The van der Waals surface area contributed by atoms with Gasteiger partial charge in [-0.2, -0.15) is 0 Å². The Bertz CT molecular complexity index is 640. The van der Waals surface area contributed by atoms with E-state index in [9.17, 15) is 0 Å². The molecule has 1 N–H and O–H groups in total. The van der Waals surface area contributed by atoms with Crippen molar-refractivity contribution in [3.63, 3.8) is 0 Å². The number of aromatic nitrogens is 2. The summed E-state index contributed by atoms with van der Waals surface area (Å²) in [5.74, 6) is 1.04. The van der Waals surface area contributed by atoms with Crippen molar-refractivity contribution in [1.82, 2.24) is 14.9 Å². The summed E-state index contributed by atoms with van der Waals surface area (Å²) in [6, 6.07) is 10.1. The van der Waals surface area contributed by atoms with Crippen LogP contribution < -0.4 is 5.32 Å². The number of para-hydroxylation sites is 2. The van der Waals surface area contributed by atoms with Gasteiger partial charge in [-0.3, -0.25) is 0 Å². The third-order valence-corrected chi connectivity index (χ3v) is 3.07. The molecule has 0 aliphatic carbocycles. The molecule has 2 aromatic heterocycles. The van der Waals surface area contributed by atoms with Crippen molar-refractivity contribution in [3.05, 3.63) is 54.2 Å². The Labute approximate surface area is 105 Å². The molecule has 0 aliphatic rings. The van der Waals surface area contributed by atoms with E-state index in [1.54, 1.807) is 12.5 Å². The minimum Gasteiger partial charge on any atom is -0.472 e. The molecule has 3 aromatic rings. The molecule has 92 valence electrons. The van der Waals surface area contributed by atoms with Crippen LogP contribution in [0.2, 0.25) is 0 Å². The molecule has 0 fully saturated rings. The van der Waals surface area contributed by atoms with Crippen molar-refractivity contribution in [2.45, 2.75) is 13.1 Å². The smallest absolute Gasteiger partial charge is 0.123 e. The molecule has 0 radical (unpaired) electrons. The van der Waals surface area contributed by atoms with Crippen LogP contribution in [-0.2, 0) is 20.1 Å². The Balaban J connectivity index is 1.73. The van der Waals surface area contributed by atoms with Crippen LogP contribution in [0.25, 0.3) is 11.0 Å². The Kier molecular flexibility index (Phi) is 2.86. The number of hydrogen-bond acceptors (Lipinski definition) is 3. The lowest BCUT2D eigenvalue weighted by atomic mass is 10.3. The van der Waals surface area contributed by atoms with Gasteiger partial charge in [0.25, 0.3) is 0 Å². The summed E-state index contributed by atoms with van der Waals surface area (Å²) in [6.45, 7) is 1.54. The Morgan fingerprint density at radius 2 is 2.11 bits per heavy atom. The minimum absolute atomic E-state index is 0.746. The predicted molar refractivity (Wildman–Crippen MR) is 70.0 cm³/mol. The molecular formula is C14H15N3O. The molecule has 0 spiro atoms. The zero-order valence-electron chi connectivity index (χ0n) is 10.3. The molecule has 0 saturated heterocycles. The van der Waals surface area contributed by atoms with E-state index in [-0.39, 0.29) is 0 Å². The number of rotatable bonds is 4. The summed E-state index contributed by atoms with van der Waals surface area (Å²) < 4.78 is 7.15. The van der Waals surface area contributed by atoms with Crippen LogP contribution in [0.15, 0.2) is 47.3 Å². The third-order valence-electron chi connectivity index (χ3n) is 3.07. The van der Waals surface area contributed by atoms with E-state index in [1.165, 1.54) is 0 Å². The second-order valence-electron chi connectivity index (χ2n) is 4.31. The van der Waals surface area contributed by atoms with Crippen molar-refractivity contribution in [3.8, 4) is 0 Å². The van der Waals surface area contributed by atoms with Gasteiger partial charge in [0.1, 0.15) is 5.82 Å². The summed E-state index contributed by atoms with van der Waals surface area (Å²) in [4.78, 5) is 4.61. The minimum atomic E-state index is 0.746. The van der Waals surface area contributed by atoms with Crippen molar-refractivity contribution < 1.29 is 4.42 Å². The Morgan fingerprint density at radius 3 is 2.89 bits per heavy atom. The normalized spacial score (nSPS) is 11.2. The van der Waals surface area contributed by atoms with Crippen LogP contribution in [0, 0.1) is 0 Å². The van der Waals surface area contributed by atoms with E-state index >= 15 is 0 Å². The monoisotopic (exact) mass is 241 g/mol. The van der Waals surface area contributed by atoms with Gasteiger partial charge in [-0.1, -0.05) is 12.1 Å². The second-order valence-corrected chi connectivity index (χ2v) is 4.31. The summed E-state index contributed by atoms with van der Waals surface area (Å²) in [5, 5.41) is 3.36. The first kappa shape index (κ1) is 11.0. The van der Waals surface area contributed by atoms with Crippen LogP contribution >= 0.6 is 0 Å². The number of benzene rings is 1. The number of nitrogens with zero attached hydrogens (tertiary/aromatic N) is 2. The molecule has 0 saturated carbocycles. The van der Waals surface area contributed by atoms with E-state index in [0.29, 0.717) is 0 Å². The highest BCUT2D eigenvalue weighted by atomic mass is 16.3. The molecule has 3 rings (SSSR count). The lowest BCUT2D eigenvalue weighted by Crippen LogP contribution is -2.15. The molecule has 4 nitrogen and oxygen atoms in total. The molecule has 4 heteroatoms. The number of imidazole rings is 1. The van der Waals surface area contributed by atoms with E-state index in [2.05, 4.69) is 20.9 Å². The fourth-order valence-electron chi connectivity index (χ4n) is 2.07. The van der Waals surface area contributed by atoms with Gasteiger partial charge in [-0.25, -0.2) is 4.98 Å². The number of fused-ring (bicyclic) bond motifs is 1. The fourth-order valence-corrected chi connectivity index (χ4v) is 2.07. The summed E-state index contributed by atoms with van der Waals surface area (Å²) in [7, 11) is 2.05. The van der Waals surface area contributed by atoms with E-state index in [0.717, 1.165) is 35.5 Å². The number of nitrogens with one attached hydrogen (secondary N) is 1. The predicted octanol–water partition coefficient (Wildman–Crippen LogP) is 2.46. The van der Waals surface area contributed by atoms with Gasteiger partial charge in [-0.15, -0.1) is 0 Å². The molecule has 0 atom stereocenters. The first-order valence-electron chi connectivity index (χ1n) is 5.97. The van der Waals surface area contributed by atoms with Crippen molar-refractivity contribution in [1.29, 1.82) is 0 Å². The molecule has 0 amide bonds. The topological polar surface area (TPSA) is 43.0 Å². The average Bonchev–Trinajstić information content (AvgIpc) is 3.00. The molecular weight excluding hydrogens is 226 g/mol. The maximum Gasteiger partial charge on any atom is 0.123 e. The number of furan rings is 1. The third kappa shape index (κ3) is 2.02. The SMILES string of the molecule is Cn1c(CNCc2ccoc2)nc2ccccc21. The Morgan fingerprint density at radius 1 is 1.22 bits per heavy atom. The molecule has 0 aliphatic heterocycles. The molecule has 0 bridgehead atoms. The van der Waals surface area contributed by atoms with Crippen LogP contribution in [0.3, 0.4) is 0 Å².